The van der Waals surface area contributed by atoms with Gasteiger partial charge in [-0.3, -0.25) is 9.78 Å². The Hall–Kier alpha value is -3.73. The molecule has 3 aromatic carbocycles. The van der Waals surface area contributed by atoms with Crippen LogP contribution in [0, 0.1) is 5.82 Å². The van der Waals surface area contributed by atoms with Gasteiger partial charge in [-0.05, 0) is 74.3 Å². The van der Waals surface area contributed by atoms with Crippen molar-refractivity contribution >= 4 is 22.5 Å². The van der Waals surface area contributed by atoms with Gasteiger partial charge in [-0.25, -0.2) is 4.39 Å². The van der Waals surface area contributed by atoms with Crippen molar-refractivity contribution in [2.45, 2.75) is 64.2 Å². The molecular formula is C34H38FN3O. The van der Waals surface area contributed by atoms with E-state index >= 15 is 0 Å². The minimum Gasteiger partial charge on any atom is -0.384 e. The molecule has 1 aliphatic carbocycles. The quantitative estimate of drug-likeness (QED) is 0.197. The first-order valence-corrected chi connectivity index (χ1v) is 14.4. The SMILES string of the molecule is CC(C(=O)NCCCCCCNc1c2c(nc3ccccc13)CCCC2)c1ccc(-c2ccccc2)c(F)c1. The zero-order chi connectivity index (χ0) is 27.0. The van der Waals surface area contributed by atoms with Gasteiger partial charge in [0.25, 0.3) is 0 Å². The summed E-state index contributed by atoms with van der Waals surface area (Å²) in [6.07, 6.45) is 8.84. The van der Waals surface area contributed by atoms with Crippen LogP contribution in [0.3, 0.4) is 0 Å². The zero-order valence-electron chi connectivity index (χ0n) is 22.8. The Morgan fingerprint density at radius 1 is 0.897 bits per heavy atom. The third kappa shape index (κ3) is 6.47. The van der Waals surface area contributed by atoms with Crippen LogP contribution in [-0.2, 0) is 17.6 Å². The summed E-state index contributed by atoms with van der Waals surface area (Å²) in [5.41, 5.74) is 7.13. The van der Waals surface area contributed by atoms with Crippen molar-refractivity contribution in [1.29, 1.82) is 0 Å². The van der Waals surface area contributed by atoms with Gasteiger partial charge in [-0.15, -0.1) is 0 Å². The Morgan fingerprint density at radius 3 is 2.46 bits per heavy atom. The molecule has 1 heterocycles. The molecule has 202 valence electrons. The fraction of sp³-hybridized carbons (Fsp3) is 0.353. The van der Waals surface area contributed by atoms with E-state index in [-0.39, 0.29) is 11.7 Å². The number of aromatic nitrogens is 1. The maximum atomic E-state index is 14.7. The van der Waals surface area contributed by atoms with Crippen molar-refractivity contribution in [2.24, 2.45) is 0 Å². The van der Waals surface area contributed by atoms with E-state index in [1.165, 1.54) is 41.2 Å². The zero-order valence-corrected chi connectivity index (χ0v) is 22.8. The van der Waals surface area contributed by atoms with Crippen molar-refractivity contribution in [3.63, 3.8) is 0 Å². The van der Waals surface area contributed by atoms with Gasteiger partial charge in [0, 0.05) is 35.4 Å². The van der Waals surface area contributed by atoms with Crippen LogP contribution in [-0.4, -0.2) is 24.0 Å². The average Bonchev–Trinajstić information content (AvgIpc) is 2.97. The first-order chi connectivity index (χ1) is 19.1. The third-order valence-electron chi connectivity index (χ3n) is 7.85. The molecule has 0 fully saturated rings. The number of aryl methyl sites for hydroxylation is 1. The van der Waals surface area contributed by atoms with Crippen molar-refractivity contribution < 1.29 is 9.18 Å². The molecule has 0 radical (unpaired) electrons. The van der Waals surface area contributed by atoms with E-state index < -0.39 is 5.92 Å². The lowest BCUT2D eigenvalue weighted by molar-refractivity contribution is -0.122. The summed E-state index contributed by atoms with van der Waals surface area (Å²) in [5, 5.41) is 8.00. The fourth-order valence-electron chi connectivity index (χ4n) is 5.56. The van der Waals surface area contributed by atoms with Crippen LogP contribution >= 0.6 is 0 Å². The highest BCUT2D eigenvalue weighted by Gasteiger charge is 2.18. The molecule has 1 atom stereocenters. The Kier molecular flexibility index (Phi) is 8.87. The van der Waals surface area contributed by atoms with E-state index in [0.29, 0.717) is 17.7 Å². The second-order valence-corrected chi connectivity index (χ2v) is 10.6. The summed E-state index contributed by atoms with van der Waals surface area (Å²) < 4.78 is 14.7. The molecule has 0 aliphatic heterocycles. The number of rotatable bonds is 11. The number of para-hydroxylation sites is 1. The van der Waals surface area contributed by atoms with Crippen molar-refractivity contribution in [2.75, 3.05) is 18.4 Å². The van der Waals surface area contributed by atoms with Crippen LogP contribution in [0.15, 0.2) is 72.8 Å². The maximum absolute atomic E-state index is 14.7. The summed E-state index contributed by atoms with van der Waals surface area (Å²) in [4.78, 5) is 17.6. The monoisotopic (exact) mass is 523 g/mol. The lowest BCUT2D eigenvalue weighted by atomic mass is 9.92. The number of carbonyl (C=O) groups is 1. The van der Waals surface area contributed by atoms with Gasteiger partial charge in [-0.2, -0.15) is 0 Å². The predicted octanol–water partition coefficient (Wildman–Crippen LogP) is 7.81. The van der Waals surface area contributed by atoms with E-state index in [1.54, 1.807) is 6.07 Å². The standard InChI is InChI=1S/C34H38FN3O/c1-24(26-19-20-27(30(35)23-26)25-13-5-4-6-14-25)34(39)37-22-12-3-2-11-21-36-33-28-15-7-9-17-31(28)38-32-18-10-8-16-29(32)33/h4-7,9,13-15,17,19-20,23-24H,2-3,8,10-12,16,18,21-22H2,1H3,(H,36,38)(H,37,39). The van der Waals surface area contributed by atoms with Gasteiger partial charge in [0.1, 0.15) is 5.82 Å². The molecule has 5 heteroatoms. The molecule has 1 amide bonds. The summed E-state index contributed by atoms with van der Waals surface area (Å²) in [6, 6.07) is 23.0. The maximum Gasteiger partial charge on any atom is 0.227 e. The van der Waals surface area contributed by atoms with Crippen LogP contribution in [0.25, 0.3) is 22.0 Å². The molecule has 0 saturated carbocycles. The summed E-state index contributed by atoms with van der Waals surface area (Å²) in [5.74, 6) is -0.750. The molecule has 2 N–H and O–H groups in total. The topological polar surface area (TPSA) is 54.0 Å². The predicted molar refractivity (Wildman–Crippen MR) is 159 cm³/mol. The lowest BCUT2D eigenvalue weighted by Crippen LogP contribution is -2.28. The van der Waals surface area contributed by atoms with Gasteiger partial charge in [0.15, 0.2) is 0 Å². The molecular weight excluding hydrogens is 485 g/mol. The summed E-state index contributed by atoms with van der Waals surface area (Å²) >= 11 is 0. The minimum atomic E-state index is -0.394. The van der Waals surface area contributed by atoms with Gasteiger partial charge in [0.05, 0.1) is 11.4 Å². The molecule has 0 spiro atoms. The fourth-order valence-corrected chi connectivity index (χ4v) is 5.56. The van der Waals surface area contributed by atoms with E-state index in [1.807, 2.05) is 43.3 Å². The largest absolute Gasteiger partial charge is 0.384 e. The molecule has 0 saturated heterocycles. The number of carbonyl (C=O) groups excluding carboxylic acids is 1. The molecule has 4 nitrogen and oxygen atoms in total. The number of fused-ring (bicyclic) bond motifs is 2. The number of nitrogens with one attached hydrogen (secondary N) is 2. The van der Waals surface area contributed by atoms with E-state index in [9.17, 15) is 9.18 Å². The Balaban J connectivity index is 1.04. The summed E-state index contributed by atoms with van der Waals surface area (Å²) in [7, 11) is 0. The van der Waals surface area contributed by atoms with Gasteiger partial charge < -0.3 is 10.6 Å². The average molecular weight is 524 g/mol. The Labute approximate surface area is 231 Å². The highest BCUT2D eigenvalue weighted by Crippen LogP contribution is 2.33. The van der Waals surface area contributed by atoms with E-state index in [2.05, 4.69) is 34.9 Å². The Bertz CT molecular complexity index is 1420. The second kappa shape index (κ2) is 12.9. The smallest absolute Gasteiger partial charge is 0.227 e. The number of halogens is 1. The van der Waals surface area contributed by atoms with E-state index in [0.717, 1.165) is 56.1 Å². The molecule has 1 unspecified atom stereocenters. The molecule has 1 aliphatic rings. The molecule has 0 bridgehead atoms. The number of hydrogen-bond donors (Lipinski definition) is 2. The van der Waals surface area contributed by atoms with Crippen LogP contribution in [0.5, 0.6) is 0 Å². The van der Waals surface area contributed by atoms with Gasteiger partial charge >= 0.3 is 0 Å². The van der Waals surface area contributed by atoms with Gasteiger partial charge in [-0.1, -0.05) is 73.5 Å². The molecule has 4 aromatic rings. The van der Waals surface area contributed by atoms with Crippen LogP contribution < -0.4 is 10.6 Å². The number of amides is 1. The highest BCUT2D eigenvalue weighted by molar-refractivity contribution is 5.93. The number of anilines is 1. The van der Waals surface area contributed by atoms with Crippen molar-refractivity contribution in [3.05, 3.63) is 95.4 Å². The van der Waals surface area contributed by atoms with E-state index in [4.69, 9.17) is 4.98 Å². The number of pyridine rings is 1. The summed E-state index contributed by atoms with van der Waals surface area (Å²) in [6.45, 7) is 3.41. The lowest BCUT2D eigenvalue weighted by Gasteiger charge is -2.21. The normalized spacial score (nSPS) is 13.6. The Morgan fingerprint density at radius 2 is 1.64 bits per heavy atom. The van der Waals surface area contributed by atoms with Gasteiger partial charge in [0.2, 0.25) is 5.91 Å². The van der Waals surface area contributed by atoms with Crippen molar-refractivity contribution in [3.8, 4) is 11.1 Å². The van der Waals surface area contributed by atoms with Crippen molar-refractivity contribution in [1.82, 2.24) is 10.3 Å². The first kappa shape index (κ1) is 26.9. The molecule has 5 rings (SSSR count). The molecule has 39 heavy (non-hydrogen) atoms. The number of unbranched alkanes of at least 4 members (excludes halogenated alkanes) is 3. The minimum absolute atomic E-state index is 0.0575. The third-order valence-corrected chi connectivity index (χ3v) is 7.85. The molecule has 1 aromatic heterocycles. The highest BCUT2D eigenvalue weighted by atomic mass is 19.1. The van der Waals surface area contributed by atoms with Crippen LogP contribution in [0.4, 0.5) is 10.1 Å². The van der Waals surface area contributed by atoms with Crippen LogP contribution in [0.2, 0.25) is 0 Å². The van der Waals surface area contributed by atoms with Crippen LogP contribution in [0.1, 0.15) is 68.2 Å². The number of benzene rings is 3. The number of hydrogen-bond acceptors (Lipinski definition) is 3. The second-order valence-electron chi connectivity index (χ2n) is 10.6. The number of nitrogens with zero attached hydrogens (tertiary/aromatic N) is 1. The first-order valence-electron chi connectivity index (χ1n) is 14.4.